The summed E-state index contributed by atoms with van der Waals surface area (Å²) in [5.41, 5.74) is 5.67. The van der Waals surface area contributed by atoms with Crippen LogP contribution in [0.4, 0.5) is 0 Å². The Morgan fingerprint density at radius 1 is 0.800 bits per heavy atom. The van der Waals surface area contributed by atoms with E-state index >= 15 is 0 Å². The first-order valence-electron chi connectivity index (χ1n) is 11.0. The van der Waals surface area contributed by atoms with Crippen LogP contribution in [0, 0.1) is 41.5 Å². The van der Waals surface area contributed by atoms with E-state index in [-0.39, 0.29) is 18.1 Å². The monoisotopic (exact) mass is 476 g/mol. The van der Waals surface area contributed by atoms with Gasteiger partial charge in [-0.1, -0.05) is 6.07 Å². The van der Waals surface area contributed by atoms with Crippen LogP contribution in [0.15, 0.2) is 24.3 Å². The van der Waals surface area contributed by atoms with Gasteiger partial charge in [-0.2, -0.15) is 0 Å². The summed E-state index contributed by atoms with van der Waals surface area (Å²) in [6.45, 7) is 10.9. The Morgan fingerprint density at radius 2 is 1.43 bits per heavy atom. The van der Waals surface area contributed by atoms with Crippen molar-refractivity contribution < 1.29 is 23.8 Å². The standard InChI is InChI=1S/C26H28N4O5/c1-14-16(3)29-21(18(5)27-14)13-34-24(31)11-9-20-8-10-22(23(12-20)33-7)35-26(32)25-19(6)28-15(2)17(4)30-25/h8-12H,13H2,1-7H3/b11-9+. The molecule has 0 atom stereocenters. The number of hydrogen-bond acceptors (Lipinski definition) is 9. The summed E-state index contributed by atoms with van der Waals surface area (Å²) < 4.78 is 16.2. The lowest BCUT2D eigenvalue weighted by Gasteiger charge is -2.11. The van der Waals surface area contributed by atoms with Crippen LogP contribution in [0.3, 0.4) is 0 Å². The van der Waals surface area contributed by atoms with Gasteiger partial charge in [0.15, 0.2) is 17.2 Å². The molecule has 1 aromatic carbocycles. The summed E-state index contributed by atoms with van der Waals surface area (Å²) in [6.07, 6.45) is 2.88. The topological polar surface area (TPSA) is 113 Å². The van der Waals surface area contributed by atoms with Crippen molar-refractivity contribution in [2.24, 2.45) is 0 Å². The average Bonchev–Trinajstić information content (AvgIpc) is 2.82. The number of carbonyl (C=O) groups is 2. The molecular weight excluding hydrogens is 448 g/mol. The summed E-state index contributed by atoms with van der Waals surface area (Å²) in [5.74, 6) is -0.611. The van der Waals surface area contributed by atoms with Crippen LogP contribution in [0.25, 0.3) is 6.08 Å². The van der Waals surface area contributed by atoms with Crippen LogP contribution < -0.4 is 9.47 Å². The summed E-state index contributed by atoms with van der Waals surface area (Å²) in [6, 6.07) is 4.91. The Morgan fingerprint density at radius 3 is 2.11 bits per heavy atom. The Hall–Kier alpha value is -4.14. The largest absolute Gasteiger partial charge is 0.493 e. The van der Waals surface area contributed by atoms with Crippen molar-refractivity contribution in [1.82, 2.24) is 19.9 Å². The number of rotatable bonds is 7. The average molecular weight is 477 g/mol. The molecule has 0 N–H and O–H groups in total. The molecule has 2 aromatic heterocycles. The van der Waals surface area contributed by atoms with E-state index in [0.29, 0.717) is 28.4 Å². The normalized spacial score (nSPS) is 10.9. The molecule has 182 valence electrons. The predicted octanol–water partition coefficient (Wildman–Crippen LogP) is 4.10. The van der Waals surface area contributed by atoms with Crippen LogP contribution in [-0.2, 0) is 16.1 Å². The van der Waals surface area contributed by atoms with Gasteiger partial charge in [-0.05, 0) is 65.3 Å². The van der Waals surface area contributed by atoms with Crippen LogP contribution in [0.2, 0.25) is 0 Å². The molecule has 0 aliphatic heterocycles. The van der Waals surface area contributed by atoms with Gasteiger partial charge in [0.2, 0.25) is 0 Å². The van der Waals surface area contributed by atoms with E-state index in [0.717, 1.165) is 22.8 Å². The molecule has 0 bridgehead atoms. The van der Waals surface area contributed by atoms with Gasteiger partial charge in [0.25, 0.3) is 0 Å². The number of carbonyl (C=O) groups excluding carboxylic acids is 2. The maximum Gasteiger partial charge on any atom is 0.364 e. The number of esters is 2. The van der Waals surface area contributed by atoms with Crippen molar-refractivity contribution in [3.8, 4) is 11.5 Å². The molecule has 0 aliphatic carbocycles. The van der Waals surface area contributed by atoms with Gasteiger partial charge in [-0.3, -0.25) is 15.0 Å². The quantitative estimate of drug-likeness (QED) is 0.282. The fourth-order valence-corrected chi connectivity index (χ4v) is 3.18. The third-order valence-electron chi connectivity index (χ3n) is 5.41. The Bertz CT molecular complexity index is 1320. The van der Waals surface area contributed by atoms with E-state index in [2.05, 4.69) is 19.9 Å². The van der Waals surface area contributed by atoms with Gasteiger partial charge in [0.05, 0.1) is 47.0 Å². The molecule has 0 saturated carbocycles. The number of aryl methyl sites for hydroxylation is 6. The van der Waals surface area contributed by atoms with Gasteiger partial charge in [-0.15, -0.1) is 0 Å². The maximum absolute atomic E-state index is 12.7. The number of ether oxygens (including phenoxy) is 3. The van der Waals surface area contributed by atoms with Crippen LogP contribution in [0.1, 0.15) is 55.9 Å². The molecule has 0 unspecified atom stereocenters. The van der Waals surface area contributed by atoms with Gasteiger partial charge in [-0.25, -0.2) is 14.6 Å². The van der Waals surface area contributed by atoms with Crippen molar-refractivity contribution in [3.63, 3.8) is 0 Å². The molecule has 0 radical (unpaired) electrons. The van der Waals surface area contributed by atoms with Gasteiger partial charge in [0, 0.05) is 6.08 Å². The number of nitrogens with zero attached hydrogens (tertiary/aromatic N) is 4. The SMILES string of the molecule is COc1cc(/C=C/C(=O)OCc2nc(C)c(C)nc2C)ccc1OC(=O)c1nc(C)c(C)nc1C. The van der Waals surface area contributed by atoms with Gasteiger partial charge < -0.3 is 14.2 Å². The zero-order valence-corrected chi connectivity index (χ0v) is 20.9. The van der Waals surface area contributed by atoms with Crippen molar-refractivity contribution in [2.45, 2.75) is 48.1 Å². The highest BCUT2D eigenvalue weighted by atomic mass is 16.6. The van der Waals surface area contributed by atoms with Crippen molar-refractivity contribution in [2.75, 3.05) is 7.11 Å². The van der Waals surface area contributed by atoms with Crippen molar-refractivity contribution >= 4 is 18.0 Å². The fourth-order valence-electron chi connectivity index (χ4n) is 3.18. The molecular formula is C26H28N4O5. The minimum Gasteiger partial charge on any atom is -0.493 e. The molecule has 9 heteroatoms. The summed E-state index contributed by atoms with van der Waals surface area (Å²) in [5, 5.41) is 0. The third kappa shape index (κ3) is 6.26. The predicted molar refractivity (Wildman–Crippen MR) is 129 cm³/mol. The summed E-state index contributed by atoms with van der Waals surface area (Å²) >= 11 is 0. The molecule has 3 rings (SSSR count). The van der Waals surface area contributed by atoms with Crippen molar-refractivity contribution in [3.05, 3.63) is 75.4 Å². The molecule has 0 aliphatic rings. The molecule has 0 fully saturated rings. The maximum atomic E-state index is 12.7. The van der Waals surface area contributed by atoms with Crippen LogP contribution in [-0.4, -0.2) is 39.0 Å². The Balaban J connectivity index is 1.68. The molecule has 0 saturated heterocycles. The molecule has 35 heavy (non-hydrogen) atoms. The molecule has 0 spiro atoms. The number of aromatic nitrogens is 4. The zero-order valence-electron chi connectivity index (χ0n) is 20.9. The lowest BCUT2D eigenvalue weighted by molar-refractivity contribution is -0.139. The van der Waals surface area contributed by atoms with Crippen LogP contribution >= 0.6 is 0 Å². The first-order chi connectivity index (χ1) is 16.6. The number of methoxy groups -OCH3 is 1. The highest BCUT2D eigenvalue weighted by molar-refractivity contribution is 5.90. The minimum absolute atomic E-state index is 0.0299. The number of hydrogen-bond donors (Lipinski definition) is 0. The lowest BCUT2D eigenvalue weighted by Crippen LogP contribution is -2.15. The second-order valence-corrected chi connectivity index (χ2v) is 8.00. The molecule has 2 heterocycles. The highest BCUT2D eigenvalue weighted by Gasteiger charge is 2.18. The van der Waals surface area contributed by atoms with Crippen molar-refractivity contribution in [1.29, 1.82) is 0 Å². The molecule has 3 aromatic rings. The summed E-state index contributed by atoms with van der Waals surface area (Å²) in [7, 11) is 1.46. The summed E-state index contributed by atoms with van der Waals surface area (Å²) in [4.78, 5) is 42.3. The second-order valence-electron chi connectivity index (χ2n) is 8.00. The van der Waals surface area contributed by atoms with Gasteiger partial charge >= 0.3 is 11.9 Å². The smallest absolute Gasteiger partial charge is 0.364 e. The Kier molecular flexibility index (Phi) is 7.91. The first-order valence-corrected chi connectivity index (χ1v) is 11.0. The van der Waals surface area contributed by atoms with E-state index in [1.54, 1.807) is 38.1 Å². The lowest BCUT2D eigenvalue weighted by atomic mass is 10.2. The van der Waals surface area contributed by atoms with E-state index < -0.39 is 11.9 Å². The van der Waals surface area contributed by atoms with Crippen LogP contribution in [0.5, 0.6) is 11.5 Å². The highest BCUT2D eigenvalue weighted by Crippen LogP contribution is 2.29. The van der Waals surface area contributed by atoms with Gasteiger partial charge in [0.1, 0.15) is 6.61 Å². The zero-order chi connectivity index (χ0) is 25.7. The Labute approximate surface area is 204 Å². The molecule has 9 nitrogen and oxygen atoms in total. The fraction of sp³-hybridized carbons (Fsp3) is 0.308. The minimum atomic E-state index is -0.631. The number of benzene rings is 1. The second kappa shape index (κ2) is 10.9. The van der Waals surface area contributed by atoms with E-state index in [4.69, 9.17) is 14.2 Å². The molecule has 0 amide bonds. The third-order valence-corrected chi connectivity index (χ3v) is 5.41. The van der Waals surface area contributed by atoms with E-state index in [1.165, 1.54) is 13.2 Å². The first kappa shape index (κ1) is 25.5. The van der Waals surface area contributed by atoms with E-state index in [1.807, 2.05) is 27.7 Å². The van der Waals surface area contributed by atoms with E-state index in [9.17, 15) is 9.59 Å².